The lowest BCUT2D eigenvalue weighted by Crippen LogP contribution is -2.66. The Hall–Kier alpha value is -1.29. The molecular formula is C26H42N6O6S. The van der Waals surface area contributed by atoms with Gasteiger partial charge >= 0.3 is 0 Å². The van der Waals surface area contributed by atoms with Crippen LogP contribution in [0.4, 0.5) is 0 Å². The number of ketones is 1. The number of carbonyl (C=O) groups excluding carboxylic acids is 2. The molecule has 10 atom stereocenters. The monoisotopic (exact) mass is 566 g/mol. The average molecular weight is 567 g/mol. The van der Waals surface area contributed by atoms with Crippen molar-refractivity contribution >= 4 is 23.5 Å². The Morgan fingerprint density at radius 2 is 1.97 bits per heavy atom. The molecule has 1 aliphatic carbocycles. The fourth-order valence-electron chi connectivity index (χ4n) is 6.92. The Kier molecular flexibility index (Phi) is 8.78. The number of nitrogens with one attached hydrogen (secondary N) is 4. The summed E-state index contributed by atoms with van der Waals surface area (Å²) in [6.07, 6.45) is 6.03. The number of piperidine rings is 1. The van der Waals surface area contributed by atoms with Crippen molar-refractivity contribution in [3.63, 3.8) is 0 Å². The summed E-state index contributed by atoms with van der Waals surface area (Å²) in [6.45, 7) is 4.01. The van der Waals surface area contributed by atoms with E-state index >= 15 is 0 Å². The van der Waals surface area contributed by atoms with Gasteiger partial charge in [-0.25, -0.2) is 0 Å². The number of hydrogen-bond donors (Lipinski definition) is 6. The third kappa shape index (κ3) is 6.16. The van der Waals surface area contributed by atoms with Crippen molar-refractivity contribution in [2.75, 3.05) is 39.5 Å². The standard InChI is InChI=1S/C26H42N6O6S/c27-26(35)23-17(9-14(12-28-23)29-16-3-1-2-4-18(16)33)30-21-11-20(38-31-21)15-13-37-24-19(34)10-22(39-25(15)24)32-5-7-36-8-6-32/h10,14-18,20-21,23-25,28-31,33H,1-9,11-13H2,(H2,27,35)/t14?,15?,16-,17?,18+,20?,21?,23?,24?,25?/m1/s1. The molecule has 5 heterocycles. The van der Waals surface area contributed by atoms with E-state index in [1.165, 1.54) is 0 Å². The first-order valence-corrected chi connectivity index (χ1v) is 15.3. The maximum Gasteiger partial charge on any atom is 0.236 e. The summed E-state index contributed by atoms with van der Waals surface area (Å²) < 4.78 is 11.5. The van der Waals surface area contributed by atoms with Gasteiger partial charge in [0.05, 0.1) is 48.5 Å². The van der Waals surface area contributed by atoms with Gasteiger partial charge in [-0.05, 0) is 19.3 Å². The van der Waals surface area contributed by atoms with Crippen molar-refractivity contribution in [2.45, 2.75) is 92.4 Å². The molecule has 39 heavy (non-hydrogen) atoms. The highest BCUT2D eigenvalue weighted by atomic mass is 32.2. The van der Waals surface area contributed by atoms with Gasteiger partial charge in [0.1, 0.15) is 12.1 Å². The van der Waals surface area contributed by atoms with E-state index in [1.807, 2.05) is 0 Å². The van der Waals surface area contributed by atoms with Crippen LogP contribution in [0.3, 0.4) is 0 Å². The number of amides is 1. The van der Waals surface area contributed by atoms with Gasteiger partial charge in [0, 0.05) is 56.2 Å². The fraction of sp³-hybridized carbons (Fsp3) is 0.846. The van der Waals surface area contributed by atoms with Gasteiger partial charge < -0.3 is 35.8 Å². The van der Waals surface area contributed by atoms with Crippen molar-refractivity contribution in [2.24, 2.45) is 11.7 Å². The van der Waals surface area contributed by atoms with E-state index in [4.69, 9.17) is 20.0 Å². The molecule has 12 nitrogen and oxygen atoms in total. The van der Waals surface area contributed by atoms with Crippen LogP contribution >= 0.6 is 11.8 Å². The first-order valence-electron chi connectivity index (χ1n) is 14.5. The molecule has 6 rings (SSSR count). The number of thioether (sulfide) groups is 1. The lowest BCUT2D eigenvalue weighted by Gasteiger charge is -2.40. The largest absolute Gasteiger partial charge is 0.392 e. The van der Waals surface area contributed by atoms with Crippen LogP contribution in [0.25, 0.3) is 0 Å². The van der Waals surface area contributed by atoms with Gasteiger partial charge in [-0.2, -0.15) is 5.48 Å². The highest BCUT2D eigenvalue weighted by Gasteiger charge is 2.50. The molecule has 1 amide bonds. The third-order valence-electron chi connectivity index (χ3n) is 9.05. The molecule has 0 spiro atoms. The molecule has 4 saturated heterocycles. The van der Waals surface area contributed by atoms with Crippen molar-refractivity contribution in [1.82, 2.24) is 26.3 Å². The van der Waals surface area contributed by atoms with Gasteiger partial charge in [0.25, 0.3) is 0 Å². The second kappa shape index (κ2) is 12.3. The molecule has 6 aliphatic rings. The van der Waals surface area contributed by atoms with E-state index in [0.29, 0.717) is 39.2 Å². The summed E-state index contributed by atoms with van der Waals surface area (Å²) in [5, 5.41) is 21.9. The normalized spacial score (nSPS) is 43.3. The van der Waals surface area contributed by atoms with Gasteiger partial charge in [0.15, 0.2) is 5.78 Å². The lowest BCUT2D eigenvalue weighted by atomic mass is 9.89. The highest BCUT2D eigenvalue weighted by molar-refractivity contribution is 8.03. The van der Waals surface area contributed by atoms with Crippen LogP contribution < -0.4 is 27.2 Å². The Balaban J connectivity index is 1.06. The maximum absolute atomic E-state index is 12.9. The number of carbonyl (C=O) groups is 2. The molecule has 8 unspecified atom stereocenters. The van der Waals surface area contributed by atoms with E-state index in [-0.39, 0.29) is 59.4 Å². The van der Waals surface area contributed by atoms with Crippen LogP contribution in [0.2, 0.25) is 0 Å². The Morgan fingerprint density at radius 1 is 1.15 bits per heavy atom. The van der Waals surface area contributed by atoms with Gasteiger partial charge in [-0.3, -0.25) is 19.7 Å². The maximum atomic E-state index is 12.9. The van der Waals surface area contributed by atoms with Crippen molar-refractivity contribution in [1.29, 1.82) is 0 Å². The summed E-state index contributed by atoms with van der Waals surface area (Å²) >= 11 is 1.72. The van der Waals surface area contributed by atoms with E-state index in [9.17, 15) is 14.7 Å². The van der Waals surface area contributed by atoms with Gasteiger partial charge in [0.2, 0.25) is 5.91 Å². The minimum atomic E-state index is -0.493. The minimum absolute atomic E-state index is 0.00360. The number of ether oxygens (including phenoxy) is 2. The Morgan fingerprint density at radius 3 is 2.77 bits per heavy atom. The van der Waals surface area contributed by atoms with Crippen LogP contribution in [0.5, 0.6) is 0 Å². The number of nitrogens with zero attached hydrogens (tertiary/aromatic N) is 1. The fourth-order valence-corrected chi connectivity index (χ4v) is 8.48. The molecule has 0 aromatic rings. The van der Waals surface area contributed by atoms with Crippen molar-refractivity contribution < 1.29 is 29.0 Å². The van der Waals surface area contributed by atoms with E-state index < -0.39 is 12.1 Å². The topological polar surface area (TPSA) is 159 Å². The van der Waals surface area contributed by atoms with E-state index in [0.717, 1.165) is 43.8 Å². The molecule has 0 aromatic heterocycles. The number of hydroxylamine groups is 1. The predicted octanol–water partition coefficient (Wildman–Crippen LogP) is -1.45. The van der Waals surface area contributed by atoms with Gasteiger partial charge in [-0.15, -0.1) is 11.8 Å². The third-order valence-corrected chi connectivity index (χ3v) is 10.5. The zero-order valence-corrected chi connectivity index (χ0v) is 23.1. The number of aliphatic hydroxyl groups excluding tert-OH is 1. The molecule has 5 fully saturated rings. The van der Waals surface area contributed by atoms with Crippen molar-refractivity contribution in [3.05, 3.63) is 11.1 Å². The van der Waals surface area contributed by atoms with Gasteiger partial charge in [-0.1, -0.05) is 12.8 Å². The molecular weight excluding hydrogens is 524 g/mol. The van der Waals surface area contributed by atoms with Crippen LogP contribution in [0, 0.1) is 5.92 Å². The summed E-state index contributed by atoms with van der Waals surface area (Å²) in [7, 11) is 0. The smallest absolute Gasteiger partial charge is 0.236 e. The molecule has 218 valence electrons. The number of nitrogens with two attached hydrogens (primary N) is 1. The first kappa shape index (κ1) is 27.9. The van der Waals surface area contributed by atoms with Crippen LogP contribution in [0.15, 0.2) is 11.1 Å². The SMILES string of the molecule is NC(=O)C1NCC(N[C@@H]2CCCC[C@@H]2O)CC1NC1CC(C2COC3C(=O)C=C(N4CCOCC4)SC32)ON1. The summed E-state index contributed by atoms with van der Waals surface area (Å²) in [4.78, 5) is 33.4. The number of fused-ring (bicyclic) bond motifs is 1. The molecule has 5 aliphatic heterocycles. The number of rotatable bonds is 7. The number of aliphatic hydroxyl groups is 1. The Bertz CT molecular complexity index is 937. The molecule has 13 heteroatoms. The molecule has 1 saturated carbocycles. The first-order chi connectivity index (χ1) is 19.0. The van der Waals surface area contributed by atoms with Crippen LogP contribution in [-0.4, -0.2) is 115 Å². The molecule has 0 aromatic carbocycles. The predicted molar refractivity (Wildman–Crippen MR) is 144 cm³/mol. The van der Waals surface area contributed by atoms with E-state index in [1.54, 1.807) is 17.8 Å². The summed E-state index contributed by atoms with van der Waals surface area (Å²) in [5.41, 5.74) is 8.88. The second-order valence-electron chi connectivity index (χ2n) is 11.7. The van der Waals surface area contributed by atoms with Crippen LogP contribution in [0.1, 0.15) is 38.5 Å². The second-order valence-corrected chi connectivity index (χ2v) is 12.9. The molecule has 7 N–H and O–H groups in total. The lowest BCUT2D eigenvalue weighted by molar-refractivity contribution is -0.123. The minimum Gasteiger partial charge on any atom is -0.392 e. The highest BCUT2D eigenvalue weighted by Crippen LogP contribution is 2.44. The van der Waals surface area contributed by atoms with Crippen LogP contribution in [-0.2, 0) is 23.9 Å². The molecule has 0 bridgehead atoms. The number of morpholine rings is 1. The number of hydrogen-bond acceptors (Lipinski definition) is 12. The molecule has 0 radical (unpaired) electrons. The zero-order chi connectivity index (χ0) is 26.9. The number of primary amides is 1. The van der Waals surface area contributed by atoms with Crippen molar-refractivity contribution in [3.8, 4) is 0 Å². The Labute approximate surface area is 233 Å². The average Bonchev–Trinajstić information content (AvgIpc) is 3.58. The summed E-state index contributed by atoms with van der Waals surface area (Å²) in [5.74, 6) is -0.292. The quantitative estimate of drug-likeness (QED) is 0.213. The summed E-state index contributed by atoms with van der Waals surface area (Å²) in [6, 6.07) is -0.486. The zero-order valence-electron chi connectivity index (χ0n) is 22.3. The van der Waals surface area contributed by atoms with E-state index in [2.05, 4.69) is 26.3 Å².